The minimum absolute atomic E-state index is 0.306. The van der Waals surface area contributed by atoms with Crippen LogP contribution in [0.25, 0.3) is 11.1 Å². The maximum atomic E-state index is 5.93. The Bertz CT molecular complexity index is 473. The SMILES string of the molecule is Cc1cc(Cl)cc2nc(C(C)C)oc12. The molecule has 0 radical (unpaired) electrons. The number of halogens is 1. The van der Waals surface area contributed by atoms with E-state index in [0.717, 1.165) is 22.6 Å². The summed E-state index contributed by atoms with van der Waals surface area (Å²) in [4.78, 5) is 4.38. The number of rotatable bonds is 1. The van der Waals surface area contributed by atoms with Gasteiger partial charge in [-0.25, -0.2) is 4.98 Å². The molecule has 0 amide bonds. The van der Waals surface area contributed by atoms with Gasteiger partial charge < -0.3 is 4.42 Å². The van der Waals surface area contributed by atoms with Gasteiger partial charge in [-0.15, -0.1) is 0 Å². The van der Waals surface area contributed by atoms with Gasteiger partial charge in [-0.05, 0) is 24.6 Å². The fourth-order valence-electron chi connectivity index (χ4n) is 1.42. The Kier molecular flexibility index (Phi) is 2.23. The molecule has 0 aliphatic heterocycles. The number of hydrogen-bond donors (Lipinski definition) is 0. The molecule has 0 saturated heterocycles. The van der Waals surface area contributed by atoms with Gasteiger partial charge in [0.25, 0.3) is 0 Å². The maximum Gasteiger partial charge on any atom is 0.198 e. The quantitative estimate of drug-likeness (QED) is 0.712. The third-order valence-corrected chi connectivity index (χ3v) is 2.37. The van der Waals surface area contributed by atoms with Crippen molar-refractivity contribution in [2.75, 3.05) is 0 Å². The second kappa shape index (κ2) is 3.28. The average molecular weight is 210 g/mol. The number of benzene rings is 1. The lowest BCUT2D eigenvalue weighted by Crippen LogP contribution is -1.84. The normalized spacial score (nSPS) is 11.5. The summed E-state index contributed by atoms with van der Waals surface area (Å²) in [5.74, 6) is 1.07. The molecule has 0 spiro atoms. The van der Waals surface area contributed by atoms with E-state index in [0.29, 0.717) is 10.9 Å². The number of oxazole rings is 1. The van der Waals surface area contributed by atoms with Gasteiger partial charge in [-0.3, -0.25) is 0 Å². The van der Waals surface area contributed by atoms with Crippen LogP contribution in [0.5, 0.6) is 0 Å². The van der Waals surface area contributed by atoms with Crippen LogP contribution in [0.15, 0.2) is 16.5 Å². The van der Waals surface area contributed by atoms with Crippen LogP contribution in [0.2, 0.25) is 5.02 Å². The van der Waals surface area contributed by atoms with Gasteiger partial charge in [-0.2, -0.15) is 0 Å². The zero-order valence-corrected chi connectivity index (χ0v) is 9.22. The van der Waals surface area contributed by atoms with Crippen LogP contribution in [-0.2, 0) is 0 Å². The third kappa shape index (κ3) is 1.50. The molecule has 74 valence electrons. The molecule has 2 aromatic rings. The van der Waals surface area contributed by atoms with E-state index in [1.807, 2.05) is 19.1 Å². The minimum Gasteiger partial charge on any atom is -0.440 e. The highest BCUT2D eigenvalue weighted by atomic mass is 35.5. The number of aromatic nitrogens is 1. The van der Waals surface area contributed by atoms with Crippen molar-refractivity contribution in [1.82, 2.24) is 4.98 Å². The molecule has 0 bridgehead atoms. The number of nitrogens with zero attached hydrogens (tertiary/aromatic N) is 1. The Balaban J connectivity index is 2.70. The summed E-state index contributed by atoms with van der Waals surface area (Å²) < 4.78 is 5.65. The molecular formula is C11H12ClNO. The first-order valence-electron chi connectivity index (χ1n) is 4.64. The highest BCUT2D eigenvalue weighted by Gasteiger charge is 2.11. The Hall–Kier alpha value is -1.02. The highest BCUT2D eigenvalue weighted by Crippen LogP contribution is 2.26. The summed E-state index contributed by atoms with van der Waals surface area (Å²) in [5, 5.41) is 0.707. The first kappa shape index (κ1) is 9.53. The molecule has 1 aromatic carbocycles. The lowest BCUT2D eigenvalue weighted by Gasteiger charge is -1.95. The first-order valence-corrected chi connectivity index (χ1v) is 5.02. The molecule has 0 aliphatic carbocycles. The Morgan fingerprint density at radius 1 is 1.36 bits per heavy atom. The lowest BCUT2D eigenvalue weighted by atomic mass is 10.2. The Morgan fingerprint density at radius 2 is 2.07 bits per heavy atom. The third-order valence-electron chi connectivity index (χ3n) is 2.15. The number of hydrogen-bond acceptors (Lipinski definition) is 2. The zero-order chi connectivity index (χ0) is 10.3. The fraction of sp³-hybridized carbons (Fsp3) is 0.364. The summed E-state index contributed by atoms with van der Waals surface area (Å²) in [5.41, 5.74) is 2.73. The van der Waals surface area contributed by atoms with Gasteiger partial charge in [-0.1, -0.05) is 25.4 Å². The van der Waals surface area contributed by atoms with E-state index in [9.17, 15) is 0 Å². The van der Waals surface area contributed by atoms with Crippen molar-refractivity contribution in [1.29, 1.82) is 0 Å². The minimum atomic E-state index is 0.306. The molecule has 0 saturated carbocycles. The van der Waals surface area contributed by atoms with E-state index >= 15 is 0 Å². The van der Waals surface area contributed by atoms with Gasteiger partial charge in [0.1, 0.15) is 5.52 Å². The average Bonchev–Trinajstić information content (AvgIpc) is 2.47. The molecule has 3 heteroatoms. The van der Waals surface area contributed by atoms with E-state index in [4.69, 9.17) is 16.0 Å². The summed E-state index contributed by atoms with van der Waals surface area (Å²) in [7, 11) is 0. The Labute approximate surface area is 87.9 Å². The largest absolute Gasteiger partial charge is 0.440 e. The van der Waals surface area contributed by atoms with Crippen molar-refractivity contribution in [3.8, 4) is 0 Å². The van der Waals surface area contributed by atoms with Crippen LogP contribution >= 0.6 is 11.6 Å². The molecular weight excluding hydrogens is 198 g/mol. The van der Waals surface area contributed by atoms with Crippen molar-refractivity contribution >= 4 is 22.7 Å². The molecule has 0 atom stereocenters. The van der Waals surface area contributed by atoms with Crippen LogP contribution in [-0.4, -0.2) is 4.98 Å². The predicted octanol–water partition coefficient (Wildman–Crippen LogP) is 3.91. The zero-order valence-electron chi connectivity index (χ0n) is 8.47. The smallest absolute Gasteiger partial charge is 0.198 e. The second-order valence-electron chi connectivity index (χ2n) is 3.78. The van der Waals surface area contributed by atoms with E-state index < -0.39 is 0 Å². The summed E-state index contributed by atoms with van der Waals surface area (Å²) in [6.07, 6.45) is 0. The van der Waals surface area contributed by atoms with Gasteiger partial charge >= 0.3 is 0 Å². The fourth-order valence-corrected chi connectivity index (χ4v) is 1.69. The molecule has 0 unspecified atom stereocenters. The van der Waals surface area contributed by atoms with Crippen LogP contribution < -0.4 is 0 Å². The Morgan fingerprint density at radius 3 is 2.71 bits per heavy atom. The van der Waals surface area contributed by atoms with Crippen LogP contribution in [0.4, 0.5) is 0 Å². The first-order chi connectivity index (χ1) is 6.58. The van der Waals surface area contributed by atoms with Crippen LogP contribution in [0.1, 0.15) is 31.2 Å². The molecule has 2 nitrogen and oxygen atoms in total. The monoisotopic (exact) mass is 209 g/mol. The number of fused-ring (bicyclic) bond motifs is 1. The van der Waals surface area contributed by atoms with Crippen molar-refractivity contribution in [2.45, 2.75) is 26.7 Å². The van der Waals surface area contributed by atoms with Crippen LogP contribution in [0, 0.1) is 6.92 Å². The maximum absolute atomic E-state index is 5.93. The van der Waals surface area contributed by atoms with Crippen molar-refractivity contribution in [3.63, 3.8) is 0 Å². The molecule has 0 fully saturated rings. The van der Waals surface area contributed by atoms with E-state index in [1.54, 1.807) is 0 Å². The number of aryl methyl sites for hydroxylation is 1. The molecule has 0 aliphatic rings. The van der Waals surface area contributed by atoms with E-state index in [2.05, 4.69) is 18.8 Å². The molecule has 14 heavy (non-hydrogen) atoms. The topological polar surface area (TPSA) is 26.0 Å². The summed E-state index contributed by atoms with van der Waals surface area (Å²) >= 11 is 5.93. The predicted molar refractivity (Wildman–Crippen MR) is 57.8 cm³/mol. The van der Waals surface area contributed by atoms with E-state index in [-0.39, 0.29) is 0 Å². The summed E-state index contributed by atoms with van der Waals surface area (Å²) in [6.45, 7) is 6.09. The van der Waals surface area contributed by atoms with Gasteiger partial charge in [0, 0.05) is 10.9 Å². The molecule has 1 aromatic heterocycles. The standard InChI is InChI=1S/C11H12ClNO/c1-6(2)11-13-9-5-8(12)4-7(3)10(9)14-11/h4-6H,1-3H3. The van der Waals surface area contributed by atoms with Gasteiger partial charge in [0.15, 0.2) is 11.5 Å². The van der Waals surface area contributed by atoms with Gasteiger partial charge in [0.2, 0.25) is 0 Å². The van der Waals surface area contributed by atoms with Gasteiger partial charge in [0.05, 0.1) is 0 Å². The van der Waals surface area contributed by atoms with Crippen LogP contribution in [0.3, 0.4) is 0 Å². The van der Waals surface area contributed by atoms with Crippen molar-refractivity contribution in [2.24, 2.45) is 0 Å². The highest BCUT2D eigenvalue weighted by molar-refractivity contribution is 6.31. The molecule has 1 heterocycles. The van der Waals surface area contributed by atoms with Crippen molar-refractivity contribution in [3.05, 3.63) is 28.6 Å². The lowest BCUT2D eigenvalue weighted by molar-refractivity contribution is 0.500. The molecule has 2 rings (SSSR count). The molecule has 0 N–H and O–H groups in total. The van der Waals surface area contributed by atoms with Crippen molar-refractivity contribution < 1.29 is 4.42 Å². The van der Waals surface area contributed by atoms with E-state index in [1.165, 1.54) is 0 Å². The summed E-state index contributed by atoms with van der Waals surface area (Å²) in [6, 6.07) is 3.72. The second-order valence-corrected chi connectivity index (χ2v) is 4.21.